The Hall–Kier alpha value is -2.95. The molecular weight excluding hydrogens is 577 g/mol. The van der Waals surface area contributed by atoms with E-state index in [-0.39, 0.29) is 28.6 Å². The highest BCUT2D eigenvalue weighted by atomic mass is 35.5. The van der Waals surface area contributed by atoms with Gasteiger partial charge in [-0.2, -0.15) is 0 Å². The SMILES string of the molecule is CCOC(=O)N1[C@@H](C(=O)N[C@@H](Cc2ccc(NC(=O)c3c(Cl)cccc3Cl)cc2)C(=O)OC)C(C)(C)SC1(C)C. The molecule has 40 heavy (non-hydrogen) atoms. The highest BCUT2D eigenvalue weighted by molar-refractivity contribution is 8.02. The summed E-state index contributed by atoms with van der Waals surface area (Å²) < 4.78 is 9.54. The molecule has 216 valence electrons. The van der Waals surface area contributed by atoms with E-state index in [1.807, 2.05) is 27.7 Å². The molecule has 1 heterocycles. The molecule has 2 atom stereocenters. The molecule has 0 aromatic heterocycles. The topological polar surface area (TPSA) is 114 Å². The first kappa shape index (κ1) is 31.6. The van der Waals surface area contributed by atoms with Gasteiger partial charge in [-0.05, 0) is 64.4 Å². The van der Waals surface area contributed by atoms with Gasteiger partial charge >= 0.3 is 12.1 Å². The zero-order valence-corrected chi connectivity index (χ0v) is 25.5. The number of rotatable bonds is 8. The van der Waals surface area contributed by atoms with E-state index in [0.29, 0.717) is 11.3 Å². The van der Waals surface area contributed by atoms with Crippen LogP contribution in [0.4, 0.5) is 10.5 Å². The average molecular weight is 611 g/mol. The lowest BCUT2D eigenvalue weighted by Crippen LogP contribution is -2.59. The summed E-state index contributed by atoms with van der Waals surface area (Å²) >= 11 is 13.7. The van der Waals surface area contributed by atoms with Crippen LogP contribution in [0.25, 0.3) is 0 Å². The Kier molecular flexibility index (Phi) is 10.0. The Morgan fingerprint density at radius 2 is 1.62 bits per heavy atom. The van der Waals surface area contributed by atoms with Crippen LogP contribution in [0.1, 0.15) is 50.5 Å². The van der Waals surface area contributed by atoms with Crippen molar-refractivity contribution in [3.8, 4) is 0 Å². The normalized spacial score (nSPS) is 18.0. The molecule has 1 fully saturated rings. The Balaban J connectivity index is 1.77. The number of carbonyl (C=O) groups is 4. The van der Waals surface area contributed by atoms with Crippen molar-refractivity contribution in [3.63, 3.8) is 0 Å². The van der Waals surface area contributed by atoms with E-state index in [2.05, 4.69) is 10.6 Å². The molecule has 3 amide bonds. The first-order valence-electron chi connectivity index (χ1n) is 12.6. The molecular formula is C28H33Cl2N3O6S. The fourth-order valence-corrected chi connectivity index (χ4v) is 7.24. The number of thioether (sulfide) groups is 1. The number of benzene rings is 2. The predicted molar refractivity (Wildman–Crippen MR) is 157 cm³/mol. The van der Waals surface area contributed by atoms with Gasteiger partial charge in [0.2, 0.25) is 5.91 Å². The standard InChI is InChI=1S/C28H33Cl2N3O6S/c1-7-39-26(37)33-22(27(2,3)40-28(33,4)5)24(35)32-20(25(36)38-6)15-16-11-13-17(14-12-16)31-23(34)21-18(29)9-8-10-19(21)30/h8-14,20,22H,7,15H2,1-6H3,(H,31,34)(H,32,35)/t20-,22-/m0/s1. The van der Waals surface area contributed by atoms with Crippen LogP contribution in [-0.2, 0) is 25.5 Å². The molecule has 2 N–H and O–H groups in total. The highest BCUT2D eigenvalue weighted by Gasteiger charge is 2.57. The third-order valence-corrected chi connectivity index (χ3v) is 8.44. The van der Waals surface area contributed by atoms with Gasteiger partial charge in [0, 0.05) is 16.9 Å². The van der Waals surface area contributed by atoms with Crippen molar-refractivity contribution in [3.05, 3.63) is 63.6 Å². The Labute approximate surface area is 248 Å². The van der Waals surface area contributed by atoms with Gasteiger partial charge in [-0.25, -0.2) is 9.59 Å². The van der Waals surface area contributed by atoms with Crippen molar-refractivity contribution in [1.82, 2.24) is 10.2 Å². The molecule has 0 bridgehead atoms. The number of methoxy groups -OCH3 is 1. The molecule has 0 aliphatic carbocycles. The maximum atomic E-state index is 13.6. The van der Waals surface area contributed by atoms with Crippen LogP contribution in [0.5, 0.6) is 0 Å². The smallest absolute Gasteiger partial charge is 0.411 e. The molecule has 3 rings (SSSR count). The van der Waals surface area contributed by atoms with E-state index < -0.39 is 45.6 Å². The number of halogens is 2. The lowest BCUT2D eigenvalue weighted by molar-refractivity contribution is -0.145. The van der Waals surface area contributed by atoms with E-state index in [4.69, 9.17) is 32.7 Å². The number of carbonyl (C=O) groups excluding carboxylic acids is 4. The average Bonchev–Trinajstić information content (AvgIpc) is 3.07. The molecule has 9 nitrogen and oxygen atoms in total. The molecule has 1 saturated heterocycles. The van der Waals surface area contributed by atoms with Gasteiger partial charge in [-0.1, -0.05) is 41.4 Å². The molecule has 1 aliphatic heterocycles. The predicted octanol–water partition coefficient (Wildman–Crippen LogP) is 5.53. The second-order valence-electron chi connectivity index (χ2n) is 10.2. The number of esters is 1. The van der Waals surface area contributed by atoms with E-state index in [0.717, 1.165) is 0 Å². The monoisotopic (exact) mass is 609 g/mol. The van der Waals surface area contributed by atoms with Crippen molar-refractivity contribution in [2.75, 3.05) is 19.0 Å². The second kappa shape index (κ2) is 12.7. The van der Waals surface area contributed by atoms with E-state index in [9.17, 15) is 19.2 Å². The maximum absolute atomic E-state index is 13.6. The number of nitrogens with one attached hydrogen (secondary N) is 2. The number of anilines is 1. The number of nitrogens with zero attached hydrogens (tertiary/aromatic N) is 1. The molecule has 0 radical (unpaired) electrons. The summed E-state index contributed by atoms with van der Waals surface area (Å²) in [5, 5.41) is 5.99. The van der Waals surface area contributed by atoms with Gasteiger partial charge in [0.25, 0.3) is 5.91 Å². The number of hydrogen-bond donors (Lipinski definition) is 2. The van der Waals surface area contributed by atoms with Gasteiger partial charge < -0.3 is 20.1 Å². The minimum absolute atomic E-state index is 0.117. The molecule has 0 unspecified atom stereocenters. The Morgan fingerprint density at radius 3 is 2.17 bits per heavy atom. The summed E-state index contributed by atoms with van der Waals surface area (Å²) in [5.74, 6) is -1.59. The van der Waals surface area contributed by atoms with Crippen LogP contribution in [0.3, 0.4) is 0 Å². The summed E-state index contributed by atoms with van der Waals surface area (Å²) in [6.07, 6.45) is -0.484. The van der Waals surface area contributed by atoms with Crippen molar-refractivity contribution in [1.29, 1.82) is 0 Å². The fourth-order valence-electron chi connectivity index (χ4n) is 4.78. The minimum Gasteiger partial charge on any atom is -0.467 e. The molecule has 2 aromatic rings. The molecule has 12 heteroatoms. The molecule has 2 aromatic carbocycles. The third-order valence-electron chi connectivity index (χ3n) is 6.37. The summed E-state index contributed by atoms with van der Waals surface area (Å²) in [6.45, 7) is 9.31. The van der Waals surface area contributed by atoms with E-state index in [1.165, 1.54) is 23.8 Å². The van der Waals surface area contributed by atoms with Crippen LogP contribution in [0, 0.1) is 0 Å². The Bertz CT molecular complexity index is 1270. The van der Waals surface area contributed by atoms with Crippen molar-refractivity contribution >= 4 is 64.5 Å². The lowest BCUT2D eigenvalue weighted by atomic mass is 9.98. The lowest BCUT2D eigenvalue weighted by Gasteiger charge is -2.34. The quantitative estimate of drug-likeness (QED) is 0.378. The summed E-state index contributed by atoms with van der Waals surface area (Å²) in [7, 11) is 1.24. The number of hydrogen-bond acceptors (Lipinski definition) is 7. The van der Waals surface area contributed by atoms with E-state index >= 15 is 0 Å². The largest absolute Gasteiger partial charge is 0.467 e. The minimum atomic E-state index is -1.02. The summed E-state index contributed by atoms with van der Waals surface area (Å²) in [4.78, 5) is 52.5. The summed E-state index contributed by atoms with van der Waals surface area (Å²) in [5.41, 5.74) is 1.35. The molecule has 1 aliphatic rings. The van der Waals surface area contributed by atoms with Gasteiger partial charge in [-0.3, -0.25) is 14.5 Å². The van der Waals surface area contributed by atoms with Crippen LogP contribution >= 0.6 is 35.0 Å². The summed E-state index contributed by atoms with van der Waals surface area (Å²) in [6, 6.07) is 9.64. The number of amides is 3. The van der Waals surface area contributed by atoms with Crippen molar-refractivity contribution in [2.24, 2.45) is 0 Å². The van der Waals surface area contributed by atoms with Crippen LogP contribution in [-0.4, -0.2) is 64.2 Å². The van der Waals surface area contributed by atoms with Crippen LogP contribution < -0.4 is 10.6 Å². The zero-order valence-electron chi connectivity index (χ0n) is 23.2. The fraction of sp³-hybridized carbons (Fsp3) is 0.429. The highest BCUT2D eigenvalue weighted by Crippen LogP contribution is 2.51. The van der Waals surface area contributed by atoms with Crippen molar-refractivity contribution in [2.45, 2.75) is 62.7 Å². The number of ether oxygens (including phenoxy) is 2. The van der Waals surface area contributed by atoms with Crippen molar-refractivity contribution < 1.29 is 28.7 Å². The zero-order chi connectivity index (χ0) is 29.8. The third kappa shape index (κ3) is 7.03. The molecule has 0 spiro atoms. The second-order valence-corrected chi connectivity index (χ2v) is 13.2. The first-order valence-corrected chi connectivity index (χ1v) is 14.2. The van der Waals surface area contributed by atoms with Crippen LogP contribution in [0.2, 0.25) is 10.0 Å². The van der Waals surface area contributed by atoms with E-state index in [1.54, 1.807) is 49.4 Å². The first-order chi connectivity index (χ1) is 18.7. The van der Waals surface area contributed by atoms with Gasteiger partial charge in [0.15, 0.2) is 0 Å². The van der Waals surface area contributed by atoms with Crippen LogP contribution in [0.15, 0.2) is 42.5 Å². The van der Waals surface area contributed by atoms with Gasteiger partial charge in [0.05, 0.1) is 34.2 Å². The van der Waals surface area contributed by atoms with Gasteiger partial charge in [0.1, 0.15) is 12.1 Å². The maximum Gasteiger partial charge on any atom is 0.411 e. The van der Waals surface area contributed by atoms with Gasteiger partial charge in [-0.15, -0.1) is 11.8 Å². The Morgan fingerprint density at radius 1 is 1.02 bits per heavy atom. The molecule has 0 saturated carbocycles.